The second kappa shape index (κ2) is 5.98. The van der Waals surface area contributed by atoms with E-state index < -0.39 is 9.84 Å². The predicted molar refractivity (Wildman–Crippen MR) is 67.4 cm³/mol. The van der Waals surface area contributed by atoms with Crippen molar-refractivity contribution >= 4 is 9.84 Å². The highest BCUT2D eigenvalue weighted by molar-refractivity contribution is 7.91. The summed E-state index contributed by atoms with van der Waals surface area (Å²) in [5, 5.41) is 3.32. The summed E-state index contributed by atoms with van der Waals surface area (Å²) in [4.78, 5) is 2.29. The third-order valence-corrected chi connectivity index (χ3v) is 4.89. The van der Waals surface area contributed by atoms with Gasteiger partial charge in [0.05, 0.1) is 11.5 Å². The number of rotatable bonds is 5. The highest BCUT2D eigenvalue weighted by Gasteiger charge is 2.28. The van der Waals surface area contributed by atoms with Crippen molar-refractivity contribution in [2.45, 2.75) is 26.8 Å². The maximum atomic E-state index is 11.4. The van der Waals surface area contributed by atoms with Gasteiger partial charge in [0.2, 0.25) is 0 Å². The van der Waals surface area contributed by atoms with Crippen LogP contribution >= 0.6 is 0 Å². The fourth-order valence-corrected chi connectivity index (χ4v) is 3.78. The van der Waals surface area contributed by atoms with E-state index in [1.165, 1.54) is 0 Å². The smallest absolute Gasteiger partial charge is 0.153 e. The normalized spacial score (nSPS) is 27.8. The van der Waals surface area contributed by atoms with Crippen molar-refractivity contribution in [1.82, 2.24) is 10.2 Å². The van der Waals surface area contributed by atoms with E-state index in [-0.39, 0.29) is 6.04 Å². The Bertz CT molecular complexity index is 303. The molecule has 1 saturated heterocycles. The molecular formula is C11H24N2O2S. The average Bonchev–Trinajstić information content (AvgIpc) is 2.18. The quantitative estimate of drug-likeness (QED) is 0.763. The Labute approximate surface area is 99.3 Å². The highest BCUT2D eigenvalue weighted by atomic mass is 32.2. The molecule has 2 unspecified atom stereocenters. The van der Waals surface area contributed by atoms with Gasteiger partial charge in [0, 0.05) is 19.1 Å². The van der Waals surface area contributed by atoms with Crippen LogP contribution < -0.4 is 5.32 Å². The maximum Gasteiger partial charge on any atom is 0.153 e. The molecule has 0 aromatic rings. The Morgan fingerprint density at radius 3 is 2.75 bits per heavy atom. The van der Waals surface area contributed by atoms with Crippen LogP contribution in [0.3, 0.4) is 0 Å². The Morgan fingerprint density at radius 1 is 1.50 bits per heavy atom. The van der Waals surface area contributed by atoms with Crippen LogP contribution in [0.4, 0.5) is 0 Å². The maximum absolute atomic E-state index is 11.4. The molecule has 0 aromatic carbocycles. The van der Waals surface area contributed by atoms with Crippen LogP contribution in [0.1, 0.15) is 20.8 Å². The van der Waals surface area contributed by atoms with Crippen LogP contribution in [-0.2, 0) is 9.84 Å². The molecular weight excluding hydrogens is 224 g/mol. The molecule has 1 aliphatic rings. The molecule has 1 N–H and O–H groups in total. The molecule has 0 spiro atoms. The van der Waals surface area contributed by atoms with E-state index in [1.807, 2.05) is 6.92 Å². The van der Waals surface area contributed by atoms with Crippen molar-refractivity contribution in [2.24, 2.45) is 5.92 Å². The average molecular weight is 248 g/mol. The number of hydrogen-bond donors (Lipinski definition) is 1. The second-order valence-electron chi connectivity index (χ2n) is 4.87. The van der Waals surface area contributed by atoms with Crippen molar-refractivity contribution in [3.05, 3.63) is 0 Å². The van der Waals surface area contributed by atoms with Gasteiger partial charge >= 0.3 is 0 Å². The Kier molecular flexibility index (Phi) is 5.21. The molecule has 0 bridgehead atoms. The summed E-state index contributed by atoms with van der Waals surface area (Å²) in [6.07, 6.45) is 0. The third-order valence-electron chi connectivity index (χ3n) is 3.10. The first-order valence-electron chi connectivity index (χ1n) is 6.09. The first kappa shape index (κ1) is 13.9. The zero-order valence-electron chi connectivity index (χ0n) is 10.6. The van der Waals surface area contributed by atoms with Crippen LogP contribution in [0.5, 0.6) is 0 Å². The molecule has 1 aliphatic heterocycles. The summed E-state index contributed by atoms with van der Waals surface area (Å²) in [7, 11) is -2.77. The Morgan fingerprint density at radius 2 is 2.19 bits per heavy atom. The number of nitrogens with one attached hydrogen (secondary N) is 1. The minimum absolute atomic E-state index is 0.169. The van der Waals surface area contributed by atoms with Crippen molar-refractivity contribution in [3.8, 4) is 0 Å². The molecule has 1 fully saturated rings. The number of nitrogens with zero attached hydrogens (tertiary/aromatic N) is 1. The molecule has 0 aromatic heterocycles. The van der Waals surface area contributed by atoms with E-state index in [4.69, 9.17) is 0 Å². The van der Waals surface area contributed by atoms with Crippen molar-refractivity contribution < 1.29 is 8.42 Å². The molecule has 0 aliphatic carbocycles. The zero-order chi connectivity index (χ0) is 12.2. The monoisotopic (exact) mass is 248 g/mol. The van der Waals surface area contributed by atoms with Gasteiger partial charge in [-0.15, -0.1) is 0 Å². The minimum Gasteiger partial charge on any atom is -0.317 e. The van der Waals surface area contributed by atoms with E-state index >= 15 is 0 Å². The van der Waals surface area contributed by atoms with Crippen LogP contribution in [-0.4, -0.2) is 57.0 Å². The van der Waals surface area contributed by atoms with Crippen LogP contribution in [0.15, 0.2) is 0 Å². The Balaban J connectivity index is 2.38. The fraction of sp³-hybridized carbons (Fsp3) is 1.00. The van der Waals surface area contributed by atoms with E-state index in [0.717, 1.165) is 19.6 Å². The zero-order valence-corrected chi connectivity index (χ0v) is 11.4. The first-order chi connectivity index (χ1) is 7.44. The van der Waals surface area contributed by atoms with Gasteiger partial charge in [-0.05, 0) is 25.9 Å². The number of hydrogen-bond acceptors (Lipinski definition) is 4. The molecule has 0 amide bonds. The second-order valence-corrected chi connectivity index (χ2v) is 7.10. The van der Waals surface area contributed by atoms with E-state index in [0.29, 0.717) is 24.0 Å². The van der Waals surface area contributed by atoms with Gasteiger partial charge in [0.1, 0.15) is 0 Å². The number of sulfone groups is 1. The van der Waals surface area contributed by atoms with Gasteiger partial charge < -0.3 is 5.32 Å². The minimum atomic E-state index is -2.77. The van der Waals surface area contributed by atoms with Gasteiger partial charge in [-0.2, -0.15) is 0 Å². The fourth-order valence-electron chi connectivity index (χ4n) is 2.16. The van der Waals surface area contributed by atoms with E-state index in [9.17, 15) is 8.42 Å². The molecule has 1 heterocycles. The lowest BCUT2D eigenvalue weighted by atomic mass is 10.1. The van der Waals surface area contributed by atoms with Crippen LogP contribution in [0, 0.1) is 5.92 Å². The molecule has 4 nitrogen and oxygen atoms in total. The summed E-state index contributed by atoms with van der Waals surface area (Å²) in [6, 6.07) is 0.169. The lowest BCUT2D eigenvalue weighted by molar-refractivity contribution is 0.195. The summed E-state index contributed by atoms with van der Waals surface area (Å²) >= 11 is 0. The Hall–Kier alpha value is -0.130. The largest absolute Gasteiger partial charge is 0.317 e. The molecule has 5 heteroatoms. The van der Waals surface area contributed by atoms with Crippen LogP contribution in [0.25, 0.3) is 0 Å². The molecule has 96 valence electrons. The van der Waals surface area contributed by atoms with E-state index in [2.05, 4.69) is 24.1 Å². The third kappa shape index (κ3) is 4.39. The molecule has 1 rings (SSSR count). The van der Waals surface area contributed by atoms with Gasteiger partial charge in [0.15, 0.2) is 9.84 Å². The lowest BCUT2D eigenvalue weighted by Gasteiger charge is -2.34. The van der Waals surface area contributed by atoms with Gasteiger partial charge in [-0.3, -0.25) is 4.90 Å². The molecule has 0 radical (unpaired) electrons. The van der Waals surface area contributed by atoms with Gasteiger partial charge in [0.25, 0.3) is 0 Å². The summed E-state index contributed by atoms with van der Waals surface area (Å²) in [5.41, 5.74) is 0. The summed E-state index contributed by atoms with van der Waals surface area (Å²) in [6.45, 7) is 10.0. The SMILES string of the molecule is CCNCC(C)CN1CCS(=O)(=O)CC1C. The molecule has 2 atom stereocenters. The predicted octanol–water partition coefficient (Wildman–Crippen LogP) is 0.351. The summed E-state index contributed by atoms with van der Waals surface area (Å²) in [5.74, 6) is 1.22. The van der Waals surface area contributed by atoms with Crippen molar-refractivity contribution in [2.75, 3.05) is 37.7 Å². The standard InChI is InChI=1S/C11H24N2O2S/c1-4-12-7-10(2)8-13-5-6-16(14,15)9-11(13)3/h10-12H,4-9H2,1-3H3. The topological polar surface area (TPSA) is 49.4 Å². The molecule has 0 saturated carbocycles. The lowest BCUT2D eigenvalue weighted by Crippen LogP contribution is -2.49. The highest BCUT2D eigenvalue weighted by Crippen LogP contribution is 2.13. The summed E-state index contributed by atoms with van der Waals surface area (Å²) < 4.78 is 22.9. The van der Waals surface area contributed by atoms with Gasteiger partial charge in [-0.25, -0.2) is 8.42 Å². The van der Waals surface area contributed by atoms with Crippen molar-refractivity contribution in [1.29, 1.82) is 0 Å². The first-order valence-corrected chi connectivity index (χ1v) is 7.92. The van der Waals surface area contributed by atoms with Gasteiger partial charge in [-0.1, -0.05) is 13.8 Å². The molecule has 16 heavy (non-hydrogen) atoms. The van der Waals surface area contributed by atoms with E-state index in [1.54, 1.807) is 0 Å². The van der Waals surface area contributed by atoms with Crippen LogP contribution in [0.2, 0.25) is 0 Å². The van der Waals surface area contributed by atoms with Crippen molar-refractivity contribution in [3.63, 3.8) is 0 Å².